The summed E-state index contributed by atoms with van der Waals surface area (Å²) >= 11 is 0. The Hall–Kier alpha value is -1.40. The van der Waals surface area contributed by atoms with Crippen molar-refractivity contribution >= 4 is 0 Å². The lowest BCUT2D eigenvalue weighted by molar-refractivity contribution is -0.162. The second-order valence-electron chi connectivity index (χ2n) is 8.12. The summed E-state index contributed by atoms with van der Waals surface area (Å²) in [5.74, 6) is 0.600. The highest BCUT2D eigenvalue weighted by Gasteiger charge is 2.37. The summed E-state index contributed by atoms with van der Waals surface area (Å²) in [6.07, 6.45) is 10.2. The number of benzene rings is 1. The highest BCUT2D eigenvalue weighted by molar-refractivity contribution is 5.32. The standard InChI is InChI=1S/C24H36O5/c1-19(9-11-22-12-10-20(2)26-14-15-27-22)6-5-13-24(28-16-17-29-24)21-7-4-8-23(18-21)25-3/h4-8,18-20,22H,9-17H2,1-3H3/b6-5+. The van der Waals surface area contributed by atoms with Crippen molar-refractivity contribution in [1.82, 2.24) is 0 Å². The summed E-state index contributed by atoms with van der Waals surface area (Å²) in [7, 11) is 1.68. The number of methoxy groups -OCH3 is 1. The summed E-state index contributed by atoms with van der Waals surface area (Å²) in [5.41, 5.74) is 1.01. The van der Waals surface area contributed by atoms with Crippen LogP contribution < -0.4 is 4.74 Å². The van der Waals surface area contributed by atoms with Crippen LogP contribution in [0.3, 0.4) is 0 Å². The molecule has 0 amide bonds. The number of allylic oxidation sites excluding steroid dienone is 1. The summed E-state index contributed by atoms with van der Waals surface area (Å²) in [6, 6.07) is 7.96. The van der Waals surface area contributed by atoms with Crippen LogP contribution in [0.1, 0.15) is 51.5 Å². The number of hydrogen-bond acceptors (Lipinski definition) is 5. The van der Waals surface area contributed by atoms with Crippen LogP contribution in [-0.2, 0) is 24.7 Å². The van der Waals surface area contributed by atoms with Gasteiger partial charge in [-0.1, -0.05) is 31.2 Å². The first-order valence-corrected chi connectivity index (χ1v) is 10.9. The first-order valence-electron chi connectivity index (χ1n) is 10.9. The molecular formula is C24H36O5. The maximum Gasteiger partial charge on any atom is 0.198 e. The quantitative estimate of drug-likeness (QED) is 0.580. The van der Waals surface area contributed by atoms with Gasteiger partial charge in [-0.05, 0) is 50.7 Å². The molecule has 5 heteroatoms. The summed E-state index contributed by atoms with van der Waals surface area (Å²) in [5, 5.41) is 0. The van der Waals surface area contributed by atoms with Crippen LogP contribution in [0.25, 0.3) is 0 Å². The predicted molar refractivity (Wildman–Crippen MR) is 113 cm³/mol. The highest BCUT2D eigenvalue weighted by atomic mass is 16.7. The lowest BCUT2D eigenvalue weighted by atomic mass is 9.97. The smallest absolute Gasteiger partial charge is 0.198 e. The molecule has 0 bridgehead atoms. The fraction of sp³-hybridized carbons (Fsp3) is 0.667. The van der Waals surface area contributed by atoms with Gasteiger partial charge in [0.25, 0.3) is 0 Å². The second kappa shape index (κ2) is 11.1. The second-order valence-corrected chi connectivity index (χ2v) is 8.12. The van der Waals surface area contributed by atoms with Gasteiger partial charge in [0.1, 0.15) is 5.75 Å². The van der Waals surface area contributed by atoms with E-state index in [0.29, 0.717) is 51.0 Å². The Kier molecular flexibility index (Phi) is 8.54. The van der Waals surface area contributed by atoms with E-state index in [2.05, 4.69) is 26.0 Å². The van der Waals surface area contributed by atoms with E-state index in [-0.39, 0.29) is 0 Å². The third-order valence-corrected chi connectivity index (χ3v) is 5.79. The van der Waals surface area contributed by atoms with E-state index in [1.807, 2.05) is 24.3 Å². The van der Waals surface area contributed by atoms with Gasteiger partial charge in [-0.3, -0.25) is 0 Å². The zero-order chi connectivity index (χ0) is 20.5. The molecule has 3 unspecified atom stereocenters. The van der Waals surface area contributed by atoms with Gasteiger partial charge in [-0.2, -0.15) is 0 Å². The molecule has 3 rings (SSSR count). The zero-order valence-electron chi connectivity index (χ0n) is 18.1. The molecule has 29 heavy (non-hydrogen) atoms. The Morgan fingerprint density at radius 3 is 2.72 bits per heavy atom. The van der Waals surface area contributed by atoms with Crippen molar-refractivity contribution in [3.05, 3.63) is 42.0 Å². The molecule has 2 fully saturated rings. The Morgan fingerprint density at radius 2 is 1.93 bits per heavy atom. The van der Waals surface area contributed by atoms with Gasteiger partial charge in [-0.25, -0.2) is 0 Å². The van der Waals surface area contributed by atoms with Crippen LogP contribution in [-0.4, -0.2) is 45.7 Å². The maximum absolute atomic E-state index is 6.04. The molecule has 2 saturated heterocycles. The van der Waals surface area contributed by atoms with Crippen LogP contribution >= 0.6 is 0 Å². The Labute approximate surface area is 175 Å². The summed E-state index contributed by atoms with van der Waals surface area (Å²) in [6.45, 7) is 7.05. The van der Waals surface area contributed by atoms with E-state index >= 15 is 0 Å². The molecule has 2 aliphatic heterocycles. The van der Waals surface area contributed by atoms with Gasteiger partial charge in [0.05, 0.1) is 45.7 Å². The van der Waals surface area contributed by atoms with Gasteiger partial charge < -0.3 is 23.7 Å². The molecule has 1 aromatic carbocycles. The molecule has 0 radical (unpaired) electrons. The largest absolute Gasteiger partial charge is 0.497 e. The molecule has 3 atom stereocenters. The normalized spacial score (nSPS) is 26.2. The molecule has 0 spiro atoms. The highest BCUT2D eigenvalue weighted by Crippen LogP contribution is 2.37. The molecule has 5 nitrogen and oxygen atoms in total. The van der Waals surface area contributed by atoms with Gasteiger partial charge in [0.2, 0.25) is 0 Å². The van der Waals surface area contributed by atoms with Gasteiger partial charge in [0, 0.05) is 12.0 Å². The predicted octanol–water partition coefficient (Wildman–Crippen LogP) is 4.84. The van der Waals surface area contributed by atoms with E-state index in [1.165, 1.54) is 0 Å². The van der Waals surface area contributed by atoms with Crippen molar-refractivity contribution < 1.29 is 23.7 Å². The third-order valence-electron chi connectivity index (χ3n) is 5.79. The summed E-state index contributed by atoms with van der Waals surface area (Å²) in [4.78, 5) is 0. The summed E-state index contributed by atoms with van der Waals surface area (Å²) < 4.78 is 29.1. The van der Waals surface area contributed by atoms with Gasteiger partial charge in [-0.15, -0.1) is 0 Å². The average molecular weight is 405 g/mol. The van der Waals surface area contributed by atoms with Crippen LogP contribution in [0.2, 0.25) is 0 Å². The topological polar surface area (TPSA) is 46.2 Å². The van der Waals surface area contributed by atoms with E-state index in [0.717, 1.165) is 37.0 Å². The Balaban J connectivity index is 1.51. The lowest BCUT2D eigenvalue weighted by Gasteiger charge is -2.27. The van der Waals surface area contributed by atoms with Crippen molar-refractivity contribution in [3.63, 3.8) is 0 Å². The first-order chi connectivity index (χ1) is 14.1. The Bertz CT molecular complexity index is 638. The number of hydrogen-bond donors (Lipinski definition) is 0. The van der Waals surface area contributed by atoms with E-state index in [4.69, 9.17) is 23.7 Å². The van der Waals surface area contributed by atoms with E-state index in [1.54, 1.807) is 7.11 Å². The minimum atomic E-state index is -0.705. The maximum atomic E-state index is 6.04. The van der Waals surface area contributed by atoms with Crippen molar-refractivity contribution in [3.8, 4) is 5.75 Å². The van der Waals surface area contributed by atoms with Crippen LogP contribution in [0.15, 0.2) is 36.4 Å². The number of ether oxygens (including phenoxy) is 5. The SMILES string of the molecule is COc1cccc(C2(C/C=C/C(C)CCC3CCC(C)OCCO3)OCCO2)c1. The molecule has 162 valence electrons. The van der Waals surface area contributed by atoms with Crippen LogP contribution in [0, 0.1) is 5.92 Å². The first kappa shape index (κ1) is 22.3. The fourth-order valence-corrected chi connectivity index (χ4v) is 4.00. The molecule has 2 heterocycles. The minimum absolute atomic E-state index is 0.345. The van der Waals surface area contributed by atoms with Gasteiger partial charge in [0.15, 0.2) is 5.79 Å². The molecule has 0 aliphatic carbocycles. The minimum Gasteiger partial charge on any atom is -0.497 e. The number of rotatable bonds is 8. The van der Waals surface area contributed by atoms with Crippen molar-refractivity contribution in [1.29, 1.82) is 0 Å². The Morgan fingerprint density at radius 1 is 1.14 bits per heavy atom. The van der Waals surface area contributed by atoms with Crippen molar-refractivity contribution in [2.45, 2.75) is 63.9 Å². The molecule has 0 N–H and O–H groups in total. The third kappa shape index (κ3) is 6.54. The van der Waals surface area contributed by atoms with E-state index < -0.39 is 5.79 Å². The van der Waals surface area contributed by atoms with E-state index in [9.17, 15) is 0 Å². The van der Waals surface area contributed by atoms with Crippen LogP contribution in [0.5, 0.6) is 5.75 Å². The molecular weight excluding hydrogens is 368 g/mol. The monoisotopic (exact) mass is 404 g/mol. The molecule has 0 saturated carbocycles. The van der Waals surface area contributed by atoms with Crippen LogP contribution in [0.4, 0.5) is 0 Å². The molecule has 1 aromatic rings. The van der Waals surface area contributed by atoms with Gasteiger partial charge >= 0.3 is 0 Å². The molecule has 0 aromatic heterocycles. The average Bonchev–Trinajstić information content (AvgIpc) is 3.20. The lowest BCUT2D eigenvalue weighted by Crippen LogP contribution is -2.26. The zero-order valence-corrected chi connectivity index (χ0v) is 18.1. The van der Waals surface area contributed by atoms with Crippen molar-refractivity contribution in [2.75, 3.05) is 33.5 Å². The van der Waals surface area contributed by atoms with Crippen molar-refractivity contribution in [2.24, 2.45) is 5.92 Å². The molecule has 2 aliphatic rings. The fourth-order valence-electron chi connectivity index (χ4n) is 4.00.